The zero-order valence-corrected chi connectivity index (χ0v) is 11.5. The standard InChI is InChI=1S/C13H20N2O2S/c1-2-11-3-5-12(6-4-11)15-7-8-18(16,17)13(9-14)10-15/h3-6,13H,2,7-10,14H2,1H3. The third-order valence-corrected chi connectivity index (χ3v) is 5.66. The average Bonchev–Trinajstić information content (AvgIpc) is 2.39. The molecular formula is C13H20N2O2S. The maximum atomic E-state index is 11.8. The first-order valence-corrected chi connectivity index (χ1v) is 8.04. The Bertz CT molecular complexity index is 496. The zero-order chi connectivity index (χ0) is 13.2. The van der Waals surface area contributed by atoms with Gasteiger partial charge in [-0.2, -0.15) is 0 Å². The summed E-state index contributed by atoms with van der Waals surface area (Å²) in [6, 6.07) is 8.31. The summed E-state index contributed by atoms with van der Waals surface area (Å²) in [5.74, 6) is 0.199. The molecule has 1 heterocycles. The Morgan fingerprint density at radius 2 is 2.00 bits per heavy atom. The molecule has 1 aromatic carbocycles. The van der Waals surface area contributed by atoms with Crippen LogP contribution < -0.4 is 10.6 Å². The van der Waals surface area contributed by atoms with Crippen LogP contribution in [-0.4, -0.2) is 39.1 Å². The summed E-state index contributed by atoms with van der Waals surface area (Å²) in [6.45, 7) is 3.38. The van der Waals surface area contributed by atoms with E-state index in [1.165, 1.54) is 5.56 Å². The number of benzene rings is 1. The van der Waals surface area contributed by atoms with Gasteiger partial charge in [0.05, 0.1) is 11.0 Å². The van der Waals surface area contributed by atoms with Crippen LogP contribution in [0.1, 0.15) is 12.5 Å². The fourth-order valence-electron chi connectivity index (χ4n) is 2.25. The highest BCUT2D eigenvalue weighted by Gasteiger charge is 2.31. The van der Waals surface area contributed by atoms with Crippen molar-refractivity contribution in [2.24, 2.45) is 5.73 Å². The molecule has 18 heavy (non-hydrogen) atoms. The van der Waals surface area contributed by atoms with E-state index in [4.69, 9.17) is 5.73 Å². The summed E-state index contributed by atoms with van der Waals surface area (Å²) < 4.78 is 23.6. The van der Waals surface area contributed by atoms with Gasteiger partial charge in [-0.1, -0.05) is 19.1 Å². The molecule has 1 fully saturated rings. The molecular weight excluding hydrogens is 248 g/mol. The zero-order valence-electron chi connectivity index (χ0n) is 10.7. The van der Waals surface area contributed by atoms with Gasteiger partial charge in [-0.05, 0) is 24.1 Å². The SMILES string of the molecule is CCc1ccc(N2CCS(=O)(=O)C(CN)C2)cc1. The number of rotatable bonds is 3. The number of aryl methyl sites for hydroxylation is 1. The van der Waals surface area contributed by atoms with Crippen molar-refractivity contribution < 1.29 is 8.42 Å². The van der Waals surface area contributed by atoms with E-state index in [9.17, 15) is 8.42 Å². The molecule has 0 aliphatic carbocycles. The molecule has 1 saturated heterocycles. The molecule has 2 rings (SSSR count). The van der Waals surface area contributed by atoms with Crippen molar-refractivity contribution in [1.29, 1.82) is 0 Å². The van der Waals surface area contributed by atoms with Gasteiger partial charge in [0.15, 0.2) is 9.84 Å². The highest BCUT2D eigenvalue weighted by atomic mass is 32.2. The molecule has 0 spiro atoms. The van der Waals surface area contributed by atoms with Gasteiger partial charge in [-0.3, -0.25) is 0 Å². The Kier molecular flexibility index (Phi) is 3.92. The van der Waals surface area contributed by atoms with Gasteiger partial charge in [-0.25, -0.2) is 8.42 Å². The normalized spacial score (nSPS) is 23.0. The summed E-state index contributed by atoms with van der Waals surface area (Å²) in [4.78, 5) is 2.11. The quantitative estimate of drug-likeness (QED) is 0.881. The maximum Gasteiger partial charge on any atom is 0.157 e. The number of anilines is 1. The molecule has 2 N–H and O–H groups in total. The highest BCUT2D eigenvalue weighted by Crippen LogP contribution is 2.21. The van der Waals surface area contributed by atoms with E-state index in [1.807, 2.05) is 0 Å². The van der Waals surface area contributed by atoms with Crippen LogP contribution in [0.2, 0.25) is 0 Å². The molecule has 1 atom stereocenters. The molecule has 1 aliphatic rings. The van der Waals surface area contributed by atoms with Crippen molar-refractivity contribution in [3.05, 3.63) is 29.8 Å². The largest absolute Gasteiger partial charge is 0.369 e. The van der Waals surface area contributed by atoms with E-state index in [2.05, 4.69) is 36.1 Å². The molecule has 0 amide bonds. The van der Waals surface area contributed by atoms with E-state index in [0.29, 0.717) is 13.1 Å². The fourth-order valence-corrected chi connectivity index (χ4v) is 3.76. The van der Waals surface area contributed by atoms with Crippen LogP contribution in [0, 0.1) is 0 Å². The summed E-state index contributed by atoms with van der Waals surface area (Å²) in [5.41, 5.74) is 7.93. The molecule has 0 radical (unpaired) electrons. The van der Waals surface area contributed by atoms with E-state index in [-0.39, 0.29) is 12.3 Å². The Hall–Kier alpha value is -1.07. The summed E-state index contributed by atoms with van der Waals surface area (Å²) in [5, 5.41) is -0.433. The number of nitrogens with zero attached hydrogens (tertiary/aromatic N) is 1. The van der Waals surface area contributed by atoms with Gasteiger partial charge >= 0.3 is 0 Å². The van der Waals surface area contributed by atoms with Crippen LogP contribution in [-0.2, 0) is 16.3 Å². The van der Waals surface area contributed by atoms with Gasteiger partial charge in [0, 0.05) is 25.3 Å². The second-order valence-corrected chi connectivity index (χ2v) is 7.09. The lowest BCUT2D eigenvalue weighted by Crippen LogP contribution is -2.50. The van der Waals surface area contributed by atoms with E-state index >= 15 is 0 Å². The molecule has 0 saturated carbocycles. The van der Waals surface area contributed by atoms with Crippen molar-refractivity contribution in [2.75, 3.05) is 30.3 Å². The summed E-state index contributed by atoms with van der Waals surface area (Å²) in [7, 11) is -2.99. The predicted octanol–water partition coefficient (Wildman–Crippen LogP) is 0.811. The summed E-state index contributed by atoms with van der Waals surface area (Å²) in [6.07, 6.45) is 1.01. The van der Waals surface area contributed by atoms with Crippen LogP contribution in [0.3, 0.4) is 0 Å². The fraction of sp³-hybridized carbons (Fsp3) is 0.538. The van der Waals surface area contributed by atoms with Crippen molar-refractivity contribution in [1.82, 2.24) is 0 Å². The molecule has 100 valence electrons. The highest BCUT2D eigenvalue weighted by molar-refractivity contribution is 7.92. The topological polar surface area (TPSA) is 63.4 Å². The molecule has 4 nitrogen and oxygen atoms in total. The van der Waals surface area contributed by atoms with Crippen LogP contribution in [0.15, 0.2) is 24.3 Å². The lowest BCUT2D eigenvalue weighted by atomic mass is 10.1. The Morgan fingerprint density at radius 3 is 2.56 bits per heavy atom. The third kappa shape index (κ3) is 2.67. The van der Waals surface area contributed by atoms with Gasteiger partial charge in [0.2, 0.25) is 0 Å². The molecule has 0 bridgehead atoms. The summed E-state index contributed by atoms with van der Waals surface area (Å²) >= 11 is 0. The van der Waals surface area contributed by atoms with Crippen molar-refractivity contribution in [3.8, 4) is 0 Å². The van der Waals surface area contributed by atoms with E-state index in [1.54, 1.807) is 0 Å². The van der Waals surface area contributed by atoms with E-state index < -0.39 is 15.1 Å². The number of sulfone groups is 1. The number of hydrogen-bond donors (Lipinski definition) is 1. The average molecular weight is 268 g/mol. The molecule has 1 aromatic rings. The number of hydrogen-bond acceptors (Lipinski definition) is 4. The molecule has 1 unspecified atom stereocenters. The van der Waals surface area contributed by atoms with Gasteiger partial charge in [0.1, 0.15) is 0 Å². The number of nitrogens with two attached hydrogens (primary N) is 1. The second-order valence-electron chi connectivity index (χ2n) is 4.69. The van der Waals surface area contributed by atoms with Gasteiger partial charge < -0.3 is 10.6 Å². The van der Waals surface area contributed by atoms with Crippen LogP contribution in [0.5, 0.6) is 0 Å². The smallest absolute Gasteiger partial charge is 0.157 e. The Labute approximate surface area is 109 Å². The lowest BCUT2D eigenvalue weighted by molar-refractivity contribution is 0.563. The van der Waals surface area contributed by atoms with Gasteiger partial charge in [0.25, 0.3) is 0 Å². The Morgan fingerprint density at radius 1 is 1.33 bits per heavy atom. The van der Waals surface area contributed by atoms with Crippen molar-refractivity contribution in [3.63, 3.8) is 0 Å². The maximum absolute atomic E-state index is 11.8. The first-order chi connectivity index (χ1) is 8.56. The lowest BCUT2D eigenvalue weighted by Gasteiger charge is -2.33. The Balaban J connectivity index is 2.15. The molecule has 0 aromatic heterocycles. The third-order valence-electron chi connectivity index (χ3n) is 3.55. The minimum atomic E-state index is -2.99. The van der Waals surface area contributed by atoms with Gasteiger partial charge in [-0.15, -0.1) is 0 Å². The predicted molar refractivity (Wildman–Crippen MR) is 74.7 cm³/mol. The van der Waals surface area contributed by atoms with Crippen LogP contribution in [0.25, 0.3) is 0 Å². The minimum Gasteiger partial charge on any atom is -0.369 e. The molecule has 5 heteroatoms. The second kappa shape index (κ2) is 5.28. The first-order valence-electron chi connectivity index (χ1n) is 6.32. The first kappa shape index (κ1) is 13.4. The minimum absolute atomic E-state index is 0.199. The van der Waals surface area contributed by atoms with Crippen LogP contribution in [0.4, 0.5) is 5.69 Å². The van der Waals surface area contributed by atoms with Crippen molar-refractivity contribution in [2.45, 2.75) is 18.6 Å². The monoisotopic (exact) mass is 268 g/mol. The van der Waals surface area contributed by atoms with Crippen molar-refractivity contribution >= 4 is 15.5 Å². The van der Waals surface area contributed by atoms with Crippen LogP contribution >= 0.6 is 0 Å². The molecule has 1 aliphatic heterocycles. The van der Waals surface area contributed by atoms with E-state index in [0.717, 1.165) is 12.1 Å².